The molecule has 1 heterocycles. The van der Waals surface area contributed by atoms with Crippen LogP contribution in [-0.4, -0.2) is 20.8 Å². The summed E-state index contributed by atoms with van der Waals surface area (Å²) in [6, 6.07) is 3.18. The average Bonchev–Trinajstić information content (AvgIpc) is 2.17. The lowest BCUT2D eigenvalue weighted by Crippen LogP contribution is -2.35. The van der Waals surface area contributed by atoms with Crippen molar-refractivity contribution in [3.8, 4) is 11.5 Å². The normalized spacial score (nSPS) is 19.5. The summed E-state index contributed by atoms with van der Waals surface area (Å²) in [7, 11) is 3.05. The monoisotopic (exact) mass is 211 g/mol. The van der Waals surface area contributed by atoms with Crippen LogP contribution in [0.25, 0.3) is 0 Å². The molecule has 82 valence electrons. The fourth-order valence-electron chi connectivity index (χ4n) is 1.69. The van der Waals surface area contributed by atoms with Gasteiger partial charge < -0.3 is 14.8 Å². The van der Waals surface area contributed by atoms with Gasteiger partial charge >= 0.3 is 0 Å². The molecular weight excluding hydrogens is 197 g/mol. The van der Waals surface area contributed by atoms with Crippen molar-refractivity contribution in [1.82, 2.24) is 5.32 Å². The molecule has 0 unspecified atom stereocenters. The minimum Gasteiger partial charge on any atom is -0.493 e. The van der Waals surface area contributed by atoms with Gasteiger partial charge in [-0.2, -0.15) is 0 Å². The van der Waals surface area contributed by atoms with E-state index in [0.717, 1.165) is 13.0 Å². The van der Waals surface area contributed by atoms with Crippen LogP contribution in [0.4, 0.5) is 4.39 Å². The van der Waals surface area contributed by atoms with E-state index >= 15 is 0 Å². The average molecular weight is 211 g/mol. The largest absolute Gasteiger partial charge is 0.493 e. The predicted octanol–water partition coefficient (Wildman–Crippen LogP) is 1.88. The molecule has 15 heavy (non-hydrogen) atoms. The first-order valence-electron chi connectivity index (χ1n) is 4.91. The Morgan fingerprint density at radius 3 is 2.33 bits per heavy atom. The summed E-state index contributed by atoms with van der Waals surface area (Å²) < 4.78 is 23.8. The van der Waals surface area contributed by atoms with Crippen LogP contribution in [0.5, 0.6) is 11.5 Å². The number of hydrogen-bond acceptors (Lipinski definition) is 3. The summed E-state index contributed by atoms with van der Waals surface area (Å²) >= 11 is 0. The van der Waals surface area contributed by atoms with Crippen molar-refractivity contribution in [3.05, 3.63) is 23.5 Å². The van der Waals surface area contributed by atoms with Gasteiger partial charge in [-0.15, -0.1) is 0 Å². The molecule has 0 amide bonds. The van der Waals surface area contributed by atoms with Gasteiger partial charge in [-0.1, -0.05) is 0 Å². The predicted molar refractivity (Wildman–Crippen MR) is 54.9 cm³/mol. The topological polar surface area (TPSA) is 30.5 Å². The number of rotatable bonds is 3. The lowest BCUT2D eigenvalue weighted by molar-refractivity contribution is 0.341. The Labute approximate surface area is 88.2 Å². The zero-order valence-electron chi connectivity index (χ0n) is 8.84. The van der Waals surface area contributed by atoms with Gasteiger partial charge in [0.2, 0.25) is 0 Å². The van der Waals surface area contributed by atoms with Gasteiger partial charge in [0.15, 0.2) is 11.5 Å². The highest BCUT2D eigenvalue weighted by Gasteiger charge is 2.23. The van der Waals surface area contributed by atoms with Crippen LogP contribution in [0, 0.1) is 5.82 Å². The van der Waals surface area contributed by atoms with Crippen molar-refractivity contribution in [1.29, 1.82) is 0 Å². The standard InChI is InChI=1S/C11H14FNO2/c1-14-10-5-7(9-3-4-13-9)8(12)6-11(10)15-2/h5-6,9,13H,3-4H2,1-2H3/t9-/m0/s1. The molecule has 2 rings (SSSR count). The smallest absolute Gasteiger partial charge is 0.163 e. The van der Waals surface area contributed by atoms with Gasteiger partial charge in [-0.05, 0) is 19.0 Å². The number of halogens is 1. The van der Waals surface area contributed by atoms with Gasteiger partial charge in [0.25, 0.3) is 0 Å². The quantitative estimate of drug-likeness (QED) is 0.828. The van der Waals surface area contributed by atoms with Crippen molar-refractivity contribution >= 4 is 0 Å². The van der Waals surface area contributed by atoms with Gasteiger partial charge in [0.05, 0.1) is 14.2 Å². The van der Waals surface area contributed by atoms with Crippen LogP contribution in [0.15, 0.2) is 12.1 Å². The van der Waals surface area contributed by atoms with E-state index in [9.17, 15) is 4.39 Å². The summed E-state index contributed by atoms with van der Waals surface area (Å²) in [5, 5.41) is 3.16. The molecule has 1 aliphatic rings. The van der Waals surface area contributed by atoms with Crippen LogP contribution in [0.1, 0.15) is 18.0 Å². The number of methoxy groups -OCH3 is 2. The second-order valence-corrected chi connectivity index (χ2v) is 3.52. The molecule has 0 saturated carbocycles. The van der Waals surface area contributed by atoms with E-state index in [1.807, 2.05) is 0 Å². The summed E-state index contributed by atoms with van der Waals surface area (Å²) in [5.74, 6) is 0.755. The van der Waals surface area contributed by atoms with Crippen molar-refractivity contribution in [2.24, 2.45) is 0 Å². The molecular formula is C11H14FNO2. The van der Waals surface area contributed by atoms with Crippen LogP contribution in [-0.2, 0) is 0 Å². The van der Waals surface area contributed by atoms with Crippen molar-refractivity contribution in [2.45, 2.75) is 12.5 Å². The van der Waals surface area contributed by atoms with Crippen molar-refractivity contribution in [2.75, 3.05) is 20.8 Å². The molecule has 0 radical (unpaired) electrons. The number of benzene rings is 1. The Kier molecular flexibility index (Phi) is 2.77. The van der Waals surface area contributed by atoms with E-state index in [1.54, 1.807) is 13.2 Å². The highest BCUT2D eigenvalue weighted by atomic mass is 19.1. The zero-order valence-corrected chi connectivity index (χ0v) is 8.84. The third-order valence-electron chi connectivity index (χ3n) is 2.70. The number of nitrogens with one attached hydrogen (secondary N) is 1. The zero-order chi connectivity index (χ0) is 10.8. The first-order valence-corrected chi connectivity index (χ1v) is 4.91. The summed E-state index contributed by atoms with van der Waals surface area (Å²) in [6.45, 7) is 0.943. The van der Waals surface area contributed by atoms with Crippen LogP contribution < -0.4 is 14.8 Å². The van der Waals surface area contributed by atoms with E-state index < -0.39 is 0 Å². The Morgan fingerprint density at radius 2 is 1.87 bits per heavy atom. The van der Waals surface area contributed by atoms with Crippen molar-refractivity contribution in [3.63, 3.8) is 0 Å². The van der Waals surface area contributed by atoms with E-state index in [4.69, 9.17) is 9.47 Å². The molecule has 1 N–H and O–H groups in total. The van der Waals surface area contributed by atoms with Gasteiger partial charge in [0.1, 0.15) is 5.82 Å². The third-order valence-corrected chi connectivity index (χ3v) is 2.70. The fourth-order valence-corrected chi connectivity index (χ4v) is 1.69. The Morgan fingerprint density at radius 1 is 1.27 bits per heavy atom. The van der Waals surface area contributed by atoms with Gasteiger partial charge in [-0.3, -0.25) is 0 Å². The Hall–Kier alpha value is -1.29. The molecule has 1 aliphatic heterocycles. The number of hydrogen-bond donors (Lipinski definition) is 1. The minimum absolute atomic E-state index is 0.116. The van der Waals surface area contributed by atoms with Crippen molar-refractivity contribution < 1.29 is 13.9 Å². The molecule has 1 atom stereocenters. The van der Waals surface area contributed by atoms with Gasteiger partial charge in [-0.25, -0.2) is 4.39 Å². The molecule has 0 bridgehead atoms. The SMILES string of the molecule is COc1cc(F)c([C@@H]2CCN2)cc1OC. The highest BCUT2D eigenvalue weighted by Crippen LogP contribution is 2.34. The van der Waals surface area contributed by atoms with Crippen LogP contribution >= 0.6 is 0 Å². The molecule has 1 fully saturated rings. The molecule has 1 aromatic rings. The Balaban J connectivity index is 2.38. The molecule has 1 aromatic carbocycles. The first kappa shape index (κ1) is 10.2. The molecule has 0 aliphatic carbocycles. The van der Waals surface area contributed by atoms with E-state index in [2.05, 4.69) is 5.32 Å². The second-order valence-electron chi connectivity index (χ2n) is 3.52. The van der Waals surface area contributed by atoms with E-state index in [1.165, 1.54) is 13.2 Å². The van der Waals surface area contributed by atoms with E-state index in [-0.39, 0.29) is 11.9 Å². The second kappa shape index (κ2) is 4.06. The lowest BCUT2D eigenvalue weighted by atomic mass is 9.97. The summed E-state index contributed by atoms with van der Waals surface area (Å²) in [6.07, 6.45) is 0.965. The highest BCUT2D eigenvalue weighted by molar-refractivity contribution is 5.45. The minimum atomic E-state index is -0.246. The lowest BCUT2D eigenvalue weighted by Gasteiger charge is -2.28. The molecule has 3 nitrogen and oxygen atoms in total. The summed E-state index contributed by atoms with van der Waals surface area (Å²) in [4.78, 5) is 0. The maximum Gasteiger partial charge on any atom is 0.163 e. The van der Waals surface area contributed by atoms with Crippen LogP contribution in [0.2, 0.25) is 0 Å². The van der Waals surface area contributed by atoms with Crippen LogP contribution in [0.3, 0.4) is 0 Å². The van der Waals surface area contributed by atoms with E-state index in [0.29, 0.717) is 17.1 Å². The fraction of sp³-hybridized carbons (Fsp3) is 0.455. The first-order chi connectivity index (χ1) is 7.26. The maximum absolute atomic E-state index is 13.6. The Bertz CT molecular complexity index is 364. The molecule has 0 aromatic heterocycles. The van der Waals surface area contributed by atoms with Gasteiger partial charge in [0, 0.05) is 17.7 Å². The maximum atomic E-state index is 13.6. The third kappa shape index (κ3) is 1.77. The molecule has 4 heteroatoms. The molecule has 0 spiro atoms. The summed E-state index contributed by atoms with van der Waals surface area (Å²) in [5.41, 5.74) is 0.652. The number of ether oxygens (including phenoxy) is 2. The molecule has 1 saturated heterocycles.